The van der Waals surface area contributed by atoms with Gasteiger partial charge in [-0.25, -0.2) is 0 Å². The van der Waals surface area contributed by atoms with Crippen LogP contribution in [-0.2, 0) is 4.79 Å². The summed E-state index contributed by atoms with van der Waals surface area (Å²) < 4.78 is 5.39. The molecule has 24 heavy (non-hydrogen) atoms. The van der Waals surface area contributed by atoms with Gasteiger partial charge in [-0.15, -0.1) is 11.3 Å². The van der Waals surface area contributed by atoms with Crippen molar-refractivity contribution in [2.75, 3.05) is 11.4 Å². The van der Waals surface area contributed by atoms with Crippen molar-refractivity contribution in [2.24, 2.45) is 0 Å². The second-order valence-corrected chi connectivity index (χ2v) is 7.13. The largest absolute Gasteiger partial charge is 0.339 e. The van der Waals surface area contributed by atoms with Crippen LogP contribution in [0.4, 0.5) is 5.69 Å². The van der Waals surface area contributed by atoms with E-state index in [1.165, 1.54) is 0 Å². The first-order valence-electron chi connectivity index (χ1n) is 7.56. The Hall–Kier alpha value is -2.18. The molecule has 0 spiro atoms. The molecular formula is C17H14ClN3O2S. The van der Waals surface area contributed by atoms with E-state index in [1.807, 2.05) is 42.6 Å². The summed E-state index contributed by atoms with van der Waals surface area (Å²) >= 11 is 7.73. The third-order valence-corrected chi connectivity index (χ3v) is 5.40. The van der Waals surface area contributed by atoms with Gasteiger partial charge in [-0.1, -0.05) is 28.9 Å². The molecule has 0 N–H and O–H groups in total. The Bertz CT molecular complexity index is 891. The maximum Gasteiger partial charge on any atom is 0.232 e. The number of aromatic nitrogens is 2. The molecule has 7 heteroatoms. The molecule has 2 aromatic heterocycles. The lowest BCUT2D eigenvalue weighted by Crippen LogP contribution is -2.24. The van der Waals surface area contributed by atoms with Gasteiger partial charge >= 0.3 is 0 Å². The number of halogens is 1. The van der Waals surface area contributed by atoms with E-state index < -0.39 is 0 Å². The third kappa shape index (κ3) is 2.72. The monoisotopic (exact) mass is 359 g/mol. The van der Waals surface area contributed by atoms with E-state index in [4.69, 9.17) is 16.1 Å². The van der Waals surface area contributed by atoms with Crippen molar-refractivity contribution in [2.45, 2.75) is 19.3 Å². The smallest absolute Gasteiger partial charge is 0.232 e. The number of benzene rings is 1. The van der Waals surface area contributed by atoms with Gasteiger partial charge in [0.15, 0.2) is 0 Å². The van der Waals surface area contributed by atoms with Gasteiger partial charge in [0, 0.05) is 23.7 Å². The zero-order chi connectivity index (χ0) is 16.7. The standard InChI is InChI=1S/C17H14ClN3O2S/c1-10-4-5-12(8-13(10)18)21-9-11(7-15(21)22)17-19-16(20-23-17)14-3-2-6-24-14/h2-6,8,11H,7,9H2,1H3. The van der Waals surface area contributed by atoms with Gasteiger partial charge in [0.1, 0.15) is 0 Å². The molecule has 1 saturated heterocycles. The molecule has 122 valence electrons. The summed E-state index contributed by atoms with van der Waals surface area (Å²) in [6.45, 7) is 2.45. The van der Waals surface area contributed by atoms with E-state index in [9.17, 15) is 4.79 Å². The van der Waals surface area contributed by atoms with Crippen LogP contribution >= 0.6 is 22.9 Å². The molecule has 0 bridgehead atoms. The van der Waals surface area contributed by atoms with Gasteiger partial charge in [0.2, 0.25) is 17.6 Å². The van der Waals surface area contributed by atoms with Crippen LogP contribution < -0.4 is 4.90 Å². The highest BCUT2D eigenvalue weighted by atomic mass is 35.5. The van der Waals surface area contributed by atoms with Crippen LogP contribution in [0.2, 0.25) is 5.02 Å². The van der Waals surface area contributed by atoms with E-state index >= 15 is 0 Å². The predicted molar refractivity (Wildman–Crippen MR) is 93.5 cm³/mol. The summed E-state index contributed by atoms with van der Waals surface area (Å²) in [7, 11) is 0. The van der Waals surface area contributed by atoms with E-state index in [2.05, 4.69) is 10.1 Å². The number of nitrogens with zero attached hydrogens (tertiary/aromatic N) is 3. The number of amides is 1. The molecule has 1 amide bonds. The topological polar surface area (TPSA) is 59.2 Å². The lowest BCUT2D eigenvalue weighted by molar-refractivity contribution is -0.117. The molecule has 1 atom stereocenters. The lowest BCUT2D eigenvalue weighted by Gasteiger charge is -2.17. The Morgan fingerprint density at radius 3 is 3.00 bits per heavy atom. The highest BCUT2D eigenvalue weighted by molar-refractivity contribution is 7.13. The molecule has 1 aromatic carbocycles. The summed E-state index contributed by atoms with van der Waals surface area (Å²) in [6.07, 6.45) is 0.359. The van der Waals surface area contributed by atoms with Crippen molar-refractivity contribution in [3.05, 3.63) is 52.2 Å². The van der Waals surface area contributed by atoms with Gasteiger partial charge in [-0.3, -0.25) is 4.79 Å². The molecule has 1 unspecified atom stereocenters. The number of anilines is 1. The van der Waals surface area contributed by atoms with Crippen molar-refractivity contribution < 1.29 is 9.32 Å². The molecule has 1 aliphatic rings. The summed E-state index contributed by atoms with van der Waals surface area (Å²) in [5.41, 5.74) is 1.79. The van der Waals surface area contributed by atoms with Gasteiger partial charge in [-0.05, 0) is 36.1 Å². The first kappa shape index (κ1) is 15.4. The molecule has 5 nitrogen and oxygen atoms in total. The summed E-state index contributed by atoms with van der Waals surface area (Å²) in [5, 5.41) is 6.64. The Morgan fingerprint density at radius 2 is 2.25 bits per heavy atom. The Kier molecular flexibility index (Phi) is 3.86. The summed E-state index contributed by atoms with van der Waals surface area (Å²) in [5.74, 6) is 1.02. The molecule has 0 radical (unpaired) electrons. The minimum absolute atomic E-state index is 0.0378. The van der Waals surface area contributed by atoms with Gasteiger partial charge in [-0.2, -0.15) is 4.98 Å². The van der Waals surface area contributed by atoms with Crippen LogP contribution in [0.25, 0.3) is 10.7 Å². The first-order valence-corrected chi connectivity index (χ1v) is 8.81. The van der Waals surface area contributed by atoms with Gasteiger partial charge in [0.25, 0.3) is 0 Å². The van der Waals surface area contributed by atoms with Gasteiger partial charge in [0.05, 0.1) is 10.8 Å². The van der Waals surface area contributed by atoms with E-state index in [1.54, 1.807) is 16.2 Å². The molecule has 4 rings (SSSR count). The number of carbonyl (C=O) groups is 1. The second kappa shape index (κ2) is 6.03. The van der Waals surface area contributed by atoms with Crippen LogP contribution in [0.15, 0.2) is 40.2 Å². The Labute approximate surface area is 147 Å². The highest BCUT2D eigenvalue weighted by Gasteiger charge is 2.35. The normalized spacial score (nSPS) is 17.7. The van der Waals surface area contributed by atoms with Crippen molar-refractivity contribution in [1.82, 2.24) is 10.1 Å². The van der Waals surface area contributed by atoms with Crippen LogP contribution in [0.1, 0.15) is 23.8 Å². The highest BCUT2D eigenvalue weighted by Crippen LogP contribution is 2.33. The minimum atomic E-state index is -0.0983. The minimum Gasteiger partial charge on any atom is -0.339 e. The summed E-state index contributed by atoms with van der Waals surface area (Å²) in [4.78, 5) is 19.5. The van der Waals surface area contributed by atoms with E-state index in [-0.39, 0.29) is 11.8 Å². The zero-order valence-electron chi connectivity index (χ0n) is 12.9. The second-order valence-electron chi connectivity index (χ2n) is 5.77. The zero-order valence-corrected chi connectivity index (χ0v) is 14.5. The number of rotatable bonds is 3. The molecule has 1 fully saturated rings. The van der Waals surface area contributed by atoms with Crippen molar-refractivity contribution in [1.29, 1.82) is 0 Å². The predicted octanol–water partition coefficient (Wildman–Crippen LogP) is 4.28. The van der Waals surface area contributed by atoms with E-state index in [0.717, 1.165) is 16.1 Å². The Balaban J connectivity index is 1.56. The van der Waals surface area contributed by atoms with Crippen molar-refractivity contribution in [3.8, 4) is 10.7 Å². The summed E-state index contributed by atoms with van der Waals surface area (Å²) in [6, 6.07) is 9.53. The first-order chi connectivity index (χ1) is 11.6. The molecule has 1 aliphatic heterocycles. The Morgan fingerprint density at radius 1 is 1.38 bits per heavy atom. The van der Waals surface area contributed by atoms with Gasteiger partial charge < -0.3 is 9.42 Å². The van der Waals surface area contributed by atoms with Crippen LogP contribution in [0.3, 0.4) is 0 Å². The van der Waals surface area contributed by atoms with Crippen LogP contribution in [0.5, 0.6) is 0 Å². The quantitative estimate of drug-likeness (QED) is 0.700. The molecule has 3 aromatic rings. The van der Waals surface area contributed by atoms with Crippen LogP contribution in [0, 0.1) is 6.92 Å². The number of hydrogen-bond donors (Lipinski definition) is 0. The number of carbonyl (C=O) groups excluding carboxylic acids is 1. The molecule has 0 aliphatic carbocycles. The average molecular weight is 360 g/mol. The SMILES string of the molecule is Cc1ccc(N2CC(c3nc(-c4cccs4)no3)CC2=O)cc1Cl. The fourth-order valence-electron chi connectivity index (χ4n) is 2.78. The number of hydrogen-bond acceptors (Lipinski definition) is 5. The molecule has 3 heterocycles. The van der Waals surface area contributed by atoms with Crippen LogP contribution in [-0.4, -0.2) is 22.6 Å². The number of aryl methyl sites for hydroxylation is 1. The fraction of sp³-hybridized carbons (Fsp3) is 0.235. The average Bonchev–Trinajstić information content (AvgIpc) is 3.28. The maximum atomic E-state index is 12.4. The molecule has 0 saturated carbocycles. The third-order valence-electron chi connectivity index (χ3n) is 4.12. The van der Waals surface area contributed by atoms with Crippen molar-refractivity contribution in [3.63, 3.8) is 0 Å². The van der Waals surface area contributed by atoms with Crippen molar-refractivity contribution >= 4 is 34.5 Å². The maximum absolute atomic E-state index is 12.4. The number of thiophene rings is 1. The molecular weight excluding hydrogens is 346 g/mol. The lowest BCUT2D eigenvalue weighted by atomic mass is 10.1. The van der Waals surface area contributed by atoms with E-state index in [0.29, 0.717) is 29.7 Å². The fourth-order valence-corrected chi connectivity index (χ4v) is 3.60.